The summed E-state index contributed by atoms with van der Waals surface area (Å²) in [5.74, 6) is -0.171. The van der Waals surface area contributed by atoms with Crippen LogP contribution in [0.25, 0.3) is 22.3 Å². The Morgan fingerprint density at radius 1 is 0.708 bits per heavy atom. The maximum atomic E-state index is 14.6. The Morgan fingerprint density at radius 3 is 2.08 bits per heavy atom. The lowest BCUT2D eigenvalue weighted by molar-refractivity contribution is 0.632. The van der Waals surface area contributed by atoms with Crippen molar-refractivity contribution in [3.05, 3.63) is 84.2 Å². The monoisotopic (exact) mass is 318 g/mol. The number of hydrogen-bond acceptors (Lipinski definition) is 0. The second-order valence-electron chi connectivity index (χ2n) is 6.21. The molecule has 0 aliphatic rings. The van der Waals surface area contributed by atoms with Crippen molar-refractivity contribution < 1.29 is 4.39 Å². The first kappa shape index (κ1) is 16.4. The van der Waals surface area contributed by atoms with Crippen molar-refractivity contribution in [2.75, 3.05) is 0 Å². The third-order valence-corrected chi connectivity index (χ3v) is 4.41. The normalized spacial score (nSPS) is 10.8. The highest BCUT2D eigenvalue weighted by Crippen LogP contribution is 2.28. The van der Waals surface area contributed by atoms with Crippen molar-refractivity contribution in [1.82, 2.24) is 0 Å². The van der Waals surface area contributed by atoms with E-state index in [1.807, 2.05) is 54.6 Å². The SMILES string of the molecule is CCCCCc1ccc(-c2ccc(-c3ccccc3)cc2F)cc1. The van der Waals surface area contributed by atoms with Gasteiger partial charge in [0.1, 0.15) is 5.82 Å². The summed E-state index contributed by atoms with van der Waals surface area (Å²) in [6, 6.07) is 23.7. The van der Waals surface area contributed by atoms with Gasteiger partial charge in [0.2, 0.25) is 0 Å². The second kappa shape index (κ2) is 7.92. The fourth-order valence-electron chi connectivity index (χ4n) is 2.99. The molecule has 1 heteroatoms. The lowest BCUT2D eigenvalue weighted by Gasteiger charge is -2.08. The van der Waals surface area contributed by atoms with Gasteiger partial charge in [-0.1, -0.05) is 86.5 Å². The van der Waals surface area contributed by atoms with Crippen LogP contribution in [0, 0.1) is 5.82 Å². The first-order valence-electron chi connectivity index (χ1n) is 8.72. The second-order valence-corrected chi connectivity index (χ2v) is 6.21. The molecular weight excluding hydrogens is 295 g/mol. The quantitative estimate of drug-likeness (QED) is 0.434. The number of unbranched alkanes of at least 4 members (excludes halogenated alkanes) is 2. The van der Waals surface area contributed by atoms with Gasteiger partial charge in [0.05, 0.1) is 0 Å². The molecule has 0 radical (unpaired) electrons. The number of halogens is 1. The third kappa shape index (κ3) is 3.91. The molecule has 24 heavy (non-hydrogen) atoms. The molecule has 0 N–H and O–H groups in total. The summed E-state index contributed by atoms with van der Waals surface area (Å²) in [5.41, 5.74) is 4.87. The van der Waals surface area contributed by atoms with E-state index >= 15 is 0 Å². The van der Waals surface area contributed by atoms with Crippen LogP contribution >= 0.6 is 0 Å². The summed E-state index contributed by atoms with van der Waals surface area (Å²) in [5, 5.41) is 0. The van der Waals surface area contributed by atoms with Gasteiger partial charge in [0.25, 0.3) is 0 Å². The van der Waals surface area contributed by atoms with Crippen LogP contribution in [-0.2, 0) is 6.42 Å². The smallest absolute Gasteiger partial charge is 0.131 e. The number of benzene rings is 3. The summed E-state index contributed by atoms with van der Waals surface area (Å²) in [7, 11) is 0. The highest BCUT2D eigenvalue weighted by molar-refractivity contribution is 5.71. The molecule has 3 rings (SSSR count). The minimum Gasteiger partial charge on any atom is -0.206 e. The van der Waals surface area contributed by atoms with Crippen molar-refractivity contribution in [3.63, 3.8) is 0 Å². The average Bonchev–Trinajstić information content (AvgIpc) is 2.63. The van der Waals surface area contributed by atoms with E-state index in [1.54, 1.807) is 6.07 Å². The van der Waals surface area contributed by atoms with Crippen molar-refractivity contribution in [2.24, 2.45) is 0 Å². The van der Waals surface area contributed by atoms with Crippen LogP contribution in [0.4, 0.5) is 4.39 Å². The van der Waals surface area contributed by atoms with E-state index < -0.39 is 0 Å². The molecule has 0 amide bonds. The zero-order valence-corrected chi connectivity index (χ0v) is 14.1. The van der Waals surface area contributed by atoms with E-state index in [9.17, 15) is 4.39 Å². The maximum absolute atomic E-state index is 14.6. The lowest BCUT2D eigenvalue weighted by atomic mass is 9.98. The Morgan fingerprint density at radius 2 is 1.42 bits per heavy atom. The van der Waals surface area contributed by atoms with Crippen LogP contribution in [0.5, 0.6) is 0 Å². The van der Waals surface area contributed by atoms with E-state index in [4.69, 9.17) is 0 Å². The first-order valence-corrected chi connectivity index (χ1v) is 8.72. The van der Waals surface area contributed by atoms with Gasteiger partial charge in [-0.25, -0.2) is 4.39 Å². The van der Waals surface area contributed by atoms with Gasteiger partial charge in [-0.05, 0) is 41.2 Å². The Balaban J connectivity index is 1.80. The van der Waals surface area contributed by atoms with E-state index in [2.05, 4.69) is 19.1 Å². The first-order chi connectivity index (χ1) is 11.8. The third-order valence-electron chi connectivity index (χ3n) is 4.41. The van der Waals surface area contributed by atoms with Crippen molar-refractivity contribution >= 4 is 0 Å². The molecule has 0 heterocycles. The fourth-order valence-corrected chi connectivity index (χ4v) is 2.99. The summed E-state index contributed by atoms with van der Waals surface area (Å²) >= 11 is 0. The van der Waals surface area contributed by atoms with Gasteiger partial charge < -0.3 is 0 Å². The average molecular weight is 318 g/mol. The Labute approximate surface area is 144 Å². The van der Waals surface area contributed by atoms with Gasteiger partial charge >= 0.3 is 0 Å². The number of hydrogen-bond donors (Lipinski definition) is 0. The molecule has 0 fully saturated rings. The molecule has 0 bridgehead atoms. The summed E-state index contributed by atoms with van der Waals surface area (Å²) < 4.78 is 14.6. The molecule has 0 aromatic heterocycles. The van der Waals surface area contributed by atoms with Gasteiger partial charge in [-0.3, -0.25) is 0 Å². The standard InChI is InChI=1S/C23H23F/c1-2-3-5-8-18-11-13-20(14-12-18)22-16-15-21(17-23(22)24)19-9-6-4-7-10-19/h4,6-7,9-17H,2-3,5,8H2,1H3. The van der Waals surface area contributed by atoms with Crippen LogP contribution in [0.15, 0.2) is 72.8 Å². The Hall–Kier alpha value is -2.41. The molecule has 0 saturated heterocycles. The van der Waals surface area contributed by atoms with Crippen LogP contribution in [0.1, 0.15) is 31.7 Å². The van der Waals surface area contributed by atoms with E-state index in [0.29, 0.717) is 5.56 Å². The molecule has 0 spiro atoms. The predicted octanol–water partition coefficient (Wildman–Crippen LogP) is 6.89. The molecular formula is C23H23F. The molecule has 0 aliphatic heterocycles. The van der Waals surface area contributed by atoms with Crippen LogP contribution < -0.4 is 0 Å². The molecule has 3 aromatic carbocycles. The number of rotatable bonds is 6. The molecule has 0 atom stereocenters. The van der Waals surface area contributed by atoms with Crippen LogP contribution in [-0.4, -0.2) is 0 Å². The number of aryl methyl sites for hydroxylation is 1. The molecule has 0 unspecified atom stereocenters. The molecule has 0 nitrogen and oxygen atoms in total. The Kier molecular flexibility index (Phi) is 5.43. The fraction of sp³-hybridized carbons (Fsp3) is 0.217. The van der Waals surface area contributed by atoms with Crippen LogP contribution in [0.3, 0.4) is 0 Å². The molecule has 122 valence electrons. The maximum Gasteiger partial charge on any atom is 0.131 e. The largest absolute Gasteiger partial charge is 0.206 e. The topological polar surface area (TPSA) is 0 Å². The Bertz CT molecular complexity index is 773. The van der Waals surface area contributed by atoms with E-state index in [1.165, 1.54) is 24.8 Å². The minimum atomic E-state index is -0.171. The summed E-state index contributed by atoms with van der Waals surface area (Å²) in [4.78, 5) is 0. The zero-order chi connectivity index (χ0) is 16.8. The lowest BCUT2D eigenvalue weighted by Crippen LogP contribution is -1.89. The van der Waals surface area contributed by atoms with E-state index in [-0.39, 0.29) is 5.82 Å². The zero-order valence-electron chi connectivity index (χ0n) is 14.1. The van der Waals surface area contributed by atoms with Gasteiger partial charge in [-0.2, -0.15) is 0 Å². The highest BCUT2D eigenvalue weighted by atomic mass is 19.1. The minimum absolute atomic E-state index is 0.171. The van der Waals surface area contributed by atoms with Gasteiger partial charge in [0.15, 0.2) is 0 Å². The molecule has 0 saturated carbocycles. The van der Waals surface area contributed by atoms with Crippen LogP contribution in [0.2, 0.25) is 0 Å². The summed E-state index contributed by atoms with van der Waals surface area (Å²) in [6.07, 6.45) is 4.81. The van der Waals surface area contributed by atoms with Gasteiger partial charge in [0, 0.05) is 5.56 Å². The van der Waals surface area contributed by atoms with Crippen molar-refractivity contribution in [3.8, 4) is 22.3 Å². The van der Waals surface area contributed by atoms with Crippen molar-refractivity contribution in [2.45, 2.75) is 32.6 Å². The predicted molar refractivity (Wildman–Crippen MR) is 101 cm³/mol. The van der Waals surface area contributed by atoms with Gasteiger partial charge in [-0.15, -0.1) is 0 Å². The highest BCUT2D eigenvalue weighted by Gasteiger charge is 2.07. The molecule has 0 aliphatic carbocycles. The van der Waals surface area contributed by atoms with E-state index in [0.717, 1.165) is 23.1 Å². The summed E-state index contributed by atoms with van der Waals surface area (Å²) in [6.45, 7) is 2.21. The van der Waals surface area contributed by atoms with Crippen molar-refractivity contribution in [1.29, 1.82) is 0 Å². The molecule has 3 aromatic rings.